The molecule has 0 heterocycles. The van der Waals surface area contributed by atoms with Gasteiger partial charge in [0.1, 0.15) is 11.8 Å². The molecular formula is C27H35N3O5. The fraction of sp³-hybridized carbons (Fsp3) is 0.370. The van der Waals surface area contributed by atoms with E-state index in [1.807, 2.05) is 45.9 Å². The second-order valence-corrected chi connectivity index (χ2v) is 8.49. The van der Waals surface area contributed by atoms with Crippen molar-refractivity contribution in [2.24, 2.45) is 11.0 Å². The first-order valence-corrected chi connectivity index (χ1v) is 11.6. The van der Waals surface area contributed by atoms with Crippen molar-refractivity contribution in [2.75, 3.05) is 13.2 Å². The lowest BCUT2D eigenvalue weighted by atomic mass is 10.0. The number of hydrogen-bond acceptors (Lipinski definition) is 6. The molecule has 0 saturated heterocycles. The van der Waals surface area contributed by atoms with Crippen LogP contribution in [-0.2, 0) is 16.0 Å². The van der Waals surface area contributed by atoms with Crippen LogP contribution in [0.15, 0.2) is 54.2 Å². The van der Waals surface area contributed by atoms with Crippen LogP contribution in [0.3, 0.4) is 0 Å². The van der Waals surface area contributed by atoms with Crippen molar-refractivity contribution < 1.29 is 24.2 Å². The molecule has 2 aromatic carbocycles. The fourth-order valence-electron chi connectivity index (χ4n) is 3.39. The zero-order valence-electron chi connectivity index (χ0n) is 20.8. The predicted octanol–water partition coefficient (Wildman–Crippen LogP) is 3.89. The number of aryl methyl sites for hydroxylation is 1. The van der Waals surface area contributed by atoms with Crippen molar-refractivity contribution in [2.45, 2.75) is 46.6 Å². The molecule has 0 aliphatic rings. The van der Waals surface area contributed by atoms with E-state index in [-0.39, 0.29) is 18.3 Å². The van der Waals surface area contributed by atoms with Crippen LogP contribution in [-0.4, -0.2) is 42.4 Å². The third kappa shape index (κ3) is 8.81. The molecule has 2 rings (SSSR count). The number of phenolic OH excluding ortho intramolecular Hbond substituents is 1. The average Bonchev–Trinajstić information content (AvgIpc) is 2.81. The Balaban J connectivity index is 2.04. The maximum Gasteiger partial charge on any atom is 0.262 e. The van der Waals surface area contributed by atoms with E-state index in [0.29, 0.717) is 42.1 Å². The van der Waals surface area contributed by atoms with Gasteiger partial charge in [-0.25, -0.2) is 5.43 Å². The molecule has 2 aromatic rings. The number of para-hydroxylation sites is 1. The van der Waals surface area contributed by atoms with E-state index in [1.165, 1.54) is 6.21 Å². The maximum absolute atomic E-state index is 12.8. The van der Waals surface area contributed by atoms with Crippen LogP contribution in [0.4, 0.5) is 0 Å². The number of hydrazone groups is 1. The number of amides is 2. The molecule has 2 amide bonds. The first kappa shape index (κ1) is 27.4. The van der Waals surface area contributed by atoms with E-state index in [2.05, 4.69) is 22.4 Å². The highest BCUT2D eigenvalue weighted by atomic mass is 16.5. The van der Waals surface area contributed by atoms with E-state index in [9.17, 15) is 14.7 Å². The van der Waals surface area contributed by atoms with Gasteiger partial charge in [0.2, 0.25) is 0 Å². The van der Waals surface area contributed by atoms with Crippen LogP contribution in [0.2, 0.25) is 0 Å². The number of rotatable bonds is 13. The summed E-state index contributed by atoms with van der Waals surface area (Å²) >= 11 is 0. The largest absolute Gasteiger partial charge is 0.504 e. The number of hydrogen-bond donors (Lipinski definition) is 3. The minimum atomic E-state index is -0.768. The SMILES string of the molecule is C=CCc1cc(/C=N\NC(=O)[C@@H](CC(C)C)NC(=O)COc2ccccc2C)cc(OCC)c1O. The summed E-state index contributed by atoms with van der Waals surface area (Å²) in [5, 5.41) is 17.1. The topological polar surface area (TPSA) is 109 Å². The highest BCUT2D eigenvalue weighted by molar-refractivity contribution is 5.89. The molecule has 0 saturated carbocycles. The summed E-state index contributed by atoms with van der Waals surface area (Å²) in [5.74, 6) is 0.341. The van der Waals surface area contributed by atoms with Gasteiger partial charge in [0.15, 0.2) is 18.1 Å². The lowest BCUT2D eigenvalue weighted by Gasteiger charge is -2.19. The number of nitrogens with one attached hydrogen (secondary N) is 2. The monoisotopic (exact) mass is 481 g/mol. The van der Waals surface area contributed by atoms with Gasteiger partial charge < -0.3 is 19.9 Å². The zero-order chi connectivity index (χ0) is 25.8. The van der Waals surface area contributed by atoms with Gasteiger partial charge in [0.05, 0.1) is 12.8 Å². The number of carbonyl (C=O) groups is 2. The Morgan fingerprint density at radius 2 is 1.91 bits per heavy atom. The van der Waals surface area contributed by atoms with Gasteiger partial charge in [-0.15, -0.1) is 6.58 Å². The van der Waals surface area contributed by atoms with Gasteiger partial charge in [-0.05, 0) is 61.9 Å². The number of benzene rings is 2. The molecule has 35 heavy (non-hydrogen) atoms. The molecule has 0 radical (unpaired) electrons. The number of nitrogens with zero attached hydrogens (tertiary/aromatic N) is 1. The second-order valence-electron chi connectivity index (χ2n) is 8.49. The number of aromatic hydroxyl groups is 1. The van der Waals surface area contributed by atoms with E-state index in [1.54, 1.807) is 24.3 Å². The van der Waals surface area contributed by atoms with E-state index in [0.717, 1.165) is 5.56 Å². The van der Waals surface area contributed by atoms with Crippen LogP contribution >= 0.6 is 0 Å². The number of ether oxygens (including phenoxy) is 2. The van der Waals surface area contributed by atoms with Crippen LogP contribution in [0, 0.1) is 12.8 Å². The average molecular weight is 482 g/mol. The first-order chi connectivity index (χ1) is 16.7. The van der Waals surface area contributed by atoms with Crippen molar-refractivity contribution >= 4 is 18.0 Å². The summed E-state index contributed by atoms with van der Waals surface area (Å²) in [4.78, 5) is 25.2. The Morgan fingerprint density at radius 3 is 2.57 bits per heavy atom. The van der Waals surface area contributed by atoms with Gasteiger partial charge >= 0.3 is 0 Å². The number of carbonyl (C=O) groups excluding carboxylic acids is 2. The lowest BCUT2D eigenvalue weighted by Crippen LogP contribution is -2.47. The Bertz CT molecular complexity index is 1050. The predicted molar refractivity (Wildman–Crippen MR) is 137 cm³/mol. The molecule has 0 spiro atoms. The normalized spacial score (nSPS) is 11.8. The Labute approximate surface area is 207 Å². The van der Waals surface area contributed by atoms with E-state index in [4.69, 9.17) is 9.47 Å². The van der Waals surface area contributed by atoms with Gasteiger partial charge in [0, 0.05) is 5.56 Å². The number of phenols is 1. The third-order valence-corrected chi connectivity index (χ3v) is 5.04. The Hall–Kier alpha value is -3.81. The van der Waals surface area contributed by atoms with Crippen molar-refractivity contribution in [3.63, 3.8) is 0 Å². The van der Waals surface area contributed by atoms with Crippen molar-refractivity contribution in [1.82, 2.24) is 10.7 Å². The Morgan fingerprint density at radius 1 is 1.17 bits per heavy atom. The van der Waals surface area contributed by atoms with Crippen LogP contribution in [0.1, 0.15) is 43.9 Å². The summed E-state index contributed by atoms with van der Waals surface area (Å²) in [6.45, 7) is 11.5. The molecule has 0 aliphatic carbocycles. The zero-order valence-corrected chi connectivity index (χ0v) is 20.8. The van der Waals surface area contributed by atoms with Crippen molar-refractivity contribution in [1.29, 1.82) is 0 Å². The standard InChI is InChI=1S/C27H35N3O5/c1-6-10-21-14-20(15-24(26(21)32)34-7-2)16-28-30-27(33)22(13-18(3)4)29-25(31)17-35-23-12-9-8-11-19(23)5/h6,8-9,11-12,14-16,18,22,32H,1,7,10,13,17H2,2-5H3,(H,29,31)(H,30,33)/b28-16-/t22-/m1/s1. The fourth-order valence-corrected chi connectivity index (χ4v) is 3.39. The molecule has 0 aliphatic heterocycles. The number of allylic oxidation sites excluding steroid dienone is 1. The van der Waals surface area contributed by atoms with Gasteiger partial charge in [-0.3, -0.25) is 9.59 Å². The van der Waals surface area contributed by atoms with E-state index < -0.39 is 17.9 Å². The highest BCUT2D eigenvalue weighted by Gasteiger charge is 2.22. The molecule has 0 aromatic heterocycles. The maximum atomic E-state index is 12.8. The Kier molecular flexibility index (Phi) is 10.8. The van der Waals surface area contributed by atoms with Crippen molar-refractivity contribution in [3.8, 4) is 17.2 Å². The van der Waals surface area contributed by atoms with Crippen LogP contribution < -0.4 is 20.2 Å². The summed E-state index contributed by atoms with van der Waals surface area (Å²) in [6.07, 6.45) is 4.03. The van der Waals surface area contributed by atoms with Gasteiger partial charge in [-0.1, -0.05) is 38.1 Å². The second kappa shape index (κ2) is 13.8. The van der Waals surface area contributed by atoms with Crippen molar-refractivity contribution in [3.05, 3.63) is 65.7 Å². The molecule has 188 valence electrons. The highest BCUT2D eigenvalue weighted by Crippen LogP contribution is 2.32. The van der Waals surface area contributed by atoms with Crippen LogP contribution in [0.25, 0.3) is 0 Å². The molecule has 0 unspecified atom stereocenters. The van der Waals surface area contributed by atoms with Gasteiger partial charge in [0.25, 0.3) is 11.8 Å². The molecule has 0 bridgehead atoms. The molecule has 1 atom stereocenters. The third-order valence-electron chi connectivity index (χ3n) is 5.04. The summed E-state index contributed by atoms with van der Waals surface area (Å²) in [7, 11) is 0. The van der Waals surface area contributed by atoms with Gasteiger partial charge in [-0.2, -0.15) is 5.10 Å². The minimum absolute atomic E-state index is 0.0561. The van der Waals surface area contributed by atoms with Crippen LogP contribution in [0.5, 0.6) is 17.2 Å². The molecular weight excluding hydrogens is 446 g/mol. The summed E-state index contributed by atoms with van der Waals surface area (Å²) in [5.41, 5.74) is 4.69. The minimum Gasteiger partial charge on any atom is -0.504 e. The smallest absolute Gasteiger partial charge is 0.262 e. The quantitative estimate of drug-likeness (QED) is 0.228. The molecule has 3 N–H and O–H groups in total. The molecule has 0 fully saturated rings. The lowest BCUT2D eigenvalue weighted by molar-refractivity contribution is -0.130. The molecule has 8 heteroatoms. The van der Waals surface area contributed by atoms with E-state index >= 15 is 0 Å². The summed E-state index contributed by atoms with van der Waals surface area (Å²) in [6, 6.07) is 10.0. The first-order valence-electron chi connectivity index (χ1n) is 11.6. The summed E-state index contributed by atoms with van der Waals surface area (Å²) < 4.78 is 11.1. The molecule has 8 nitrogen and oxygen atoms in total.